The van der Waals surface area contributed by atoms with Gasteiger partial charge in [-0.2, -0.15) is 30.8 Å². The highest BCUT2D eigenvalue weighted by molar-refractivity contribution is 7.90. The molecule has 12 heteroatoms. The van der Waals surface area contributed by atoms with Gasteiger partial charge in [-0.25, -0.2) is 4.39 Å². The van der Waals surface area contributed by atoms with Crippen LogP contribution in [-0.2, 0) is 22.6 Å². The number of Topliss-reactive ketones (excluding diaryl/α,β-unsaturated/α-hetero) is 1. The number of ketones is 1. The Morgan fingerprint density at radius 1 is 1.06 bits per heavy atom. The first-order valence-electron chi connectivity index (χ1n) is 9.80. The molecule has 0 aliphatic carbocycles. The molecule has 0 unspecified atom stereocenters. The molecule has 0 fully saturated rings. The van der Waals surface area contributed by atoms with Crippen molar-refractivity contribution in [3.05, 3.63) is 93.9 Å². The van der Waals surface area contributed by atoms with E-state index in [1.165, 1.54) is 30.3 Å². The van der Waals surface area contributed by atoms with Crippen molar-refractivity contribution in [3.8, 4) is 0 Å². The van der Waals surface area contributed by atoms with Crippen LogP contribution in [0.1, 0.15) is 32.0 Å². The molecular weight excluding hydrogens is 512 g/mol. The quantitative estimate of drug-likeness (QED) is 0.193. The van der Waals surface area contributed by atoms with Crippen LogP contribution in [0.3, 0.4) is 0 Å². The van der Waals surface area contributed by atoms with Gasteiger partial charge >= 0.3 is 6.18 Å². The molecule has 0 amide bonds. The van der Waals surface area contributed by atoms with Crippen molar-refractivity contribution in [2.45, 2.75) is 17.5 Å². The number of rotatable bonds is 6. The predicted molar refractivity (Wildman–Crippen MR) is 119 cm³/mol. The molecule has 0 N–H and O–H groups in total. The Bertz CT molecular complexity index is 1580. The van der Waals surface area contributed by atoms with Gasteiger partial charge < -0.3 is 0 Å². The summed E-state index contributed by atoms with van der Waals surface area (Å²) in [5, 5.41) is 3.76. The van der Waals surface area contributed by atoms with E-state index in [0.29, 0.717) is 22.5 Å². The summed E-state index contributed by atoms with van der Waals surface area (Å²) in [4.78, 5) is 23.4. The van der Waals surface area contributed by atoms with Gasteiger partial charge in [0.25, 0.3) is 10.0 Å². The summed E-state index contributed by atoms with van der Waals surface area (Å²) in [7, 11) is -4.67. The molecule has 0 saturated carbocycles. The van der Waals surface area contributed by atoms with Crippen LogP contribution in [0.4, 0.5) is 17.6 Å². The number of aldehydes is 1. The molecule has 0 spiro atoms. The molecule has 0 aliphatic rings. The average Bonchev–Trinajstić information content (AvgIpc) is 3.17. The number of carbonyl (C=O) groups is 2. The Morgan fingerprint density at radius 2 is 1.77 bits per heavy atom. The van der Waals surface area contributed by atoms with Crippen LogP contribution in [0.15, 0.2) is 65.6 Å². The first-order chi connectivity index (χ1) is 16.4. The zero-order valence-corrected chi connectivity index (χ0v) is 19.0. The summed E-state index contributed by atoms with van der Waals surface area (Å²) in [6, 6.07) is 10.8. The SMILES string of the molecule is O=Cc1nn(S(=O)(=O)c2cccc(C(F)(F)F)c2)c2cc(CC(=O)c3c(F)cccc3Cl)ccc12. The average molecular weight is 525 g/mol. The third kappa shape index (κ3) is 4.56. The molecular formula is C23H13ClF4N2O4S. The van der Waals surface area contributed by atoms with E-state index in [2.05, 4.69) is 5.10 Å². The lowest BCUT2D eigenvalue weighted by Crippen LogP contribution is -2.16. The van der Waals surface area contributed by atoms with Crippen molar-refractivity contribution < 1.29 is 35.6 Å². The topological polar surface area (TPSA) is 86.1 Å². The van der Waals surface area contributed by atoms with Crippen LogP contribution in [0, 0.1) is 5.82 Å². The molecule has 35 heavy (non-hydrogen) atoms. The lowest BCUT2D eigenvalue weighted by Gasteiger charge is -2.10. The minimum atomic E-state index is -4.78. The highest BCUT2D eigenvalue weighted by Gasteiger charge is 2.32. The highest BCUT2D eigenvalue weighted by Crippen LogP contribution is 2.32. The van der Waals surface area contributed by atoms with E-state index in [-0.39, 0.29) is 39.2 Å². The maximum atomic E-state index is 14.1. The Kier molecular flexibility index (Phi) is 6.24. The molecule has 1 heterocycles. The van der Waals surface area contributed by atoms with E-state index in [1.807, 2.05) is 0 Å². The summed E-state index contributed by atoms with van der Waals surface area (Å²) >= 11 is 5.93. The highest BCUT2D eigenvalue weighted by atomic mass is 35.5. The Morgan fingerprint density at radius 3 is 2.43 bits per heavy atom. The second kappa shape index (κ2) is 8.90. The zero-order chi connectivity index (χ0) is 25.5. The third-order valence-corrected chi connectivity index (χ3v) is 7.05. The predicted octanol–water partition coefficient (Wildman–Crippen LogP) is 5.32. The van der Waals surface area contributed by atoms with Crippen molar-refractivity contribution in [2.75, 3.05) is 0 Å². The van der Waals surface area contributed by atoms with Gasteiger partial charge in [0, 0.05) is 11.8 Å². The van der Waals surface area contributed by atoms with Crippen LogP contribution < -0.4 is 0 Å². The van der Waals surface area contributed by atoms with Gasteiger partial charge in [-0.3, -0.25) is 9.59 Å². The van der Waals surface area contributed by atoms with Crippen LogP contribution in [0.5, 0.6) is 0 Å². The molecule has 0 atom stereocenters. The summed E-state index contributed by atoms with van der Waals surface area (Å²) in [6.07, 6.45) is -4.86. The molecule has 0 bridgehead atoms. The molecule has 3 aromatic carbocycles. The number of fused-ring (bicyclic) bond motifs is 1. The monoisotopic (exact) mass is 524 g/mol. The normalized spacial score (nSPS) is 12.1. The van der Waals surface area contributed by atoms with Crippen molar-refractivity contribution in [1.82, 2.24) is 9.19 Å². The van der Waals surface area contributed by atoms with Crippen molar-refractivity contribution in [2.24, 2.45) is 0 Å². The van der Waals surface area contributed by atoms with E-state index in [1.54, 1.807) is 0 Å². The smallest absolute Gasteiger partial charge is 0.296 e. The van der Waals surface area contributed by atoms with E-state index >= 15 is 0 Å². The Hall–Kier alpha value is -3.57. The molecule has 6 nitrogen and oxygen atoms in total. The number of halogens is 5. The molecule has 0 saturated heterocycles. The van der Waals surface area contributed by atoms with E-state index in [0.717, 1.165) is 18.2 Å². The lowest BCUT2D eigenvalue weighted by atomic mass is 10.0. The van der Waals surface area contributed by atoms with Crippen LogP contribution in [-0.4, -0.2) is 29.7 Å². The number of aromatic nitrogens is 2. The fourth-order valence-corrected chi connectivity index (χ4v) is 5.11. The Balaban J connectivity index is 1.82. The van der Waals surface area contributed by atoms with Crippen molar-refractivity contribution in [1.29, 1.82) is 0 Å². The minimum absolute atomic E-state index is 0.0932. The number of carbonyl (C=O) groups excluding carboxylic acids is 2. The number of alkyl halides is 3. The molecule has 0 aliphatic heterocycles. The molecule has 180 valence electrons. The molecule has 1 aromatic heterocycles. The Labute approximate surface area is 200 Å². The summed E-state index contributed by atoms with van der Waals surface area (Å²) in [6.45, 7) is 0. The first-order valence-corrected chi connectivity index (χ1v) is 11.6. The third-order valence-electron chi connectivity index (χ3n) is 5.15. The molecule has 4 aromatic rings. The number of hydrogen-bond acceptors (Lipinski definition) is 5. The minimum Gasteiger partial charge on any atom is -0.296 e. The van der Waals surface area contributed by atoms with E-state index in [4.69, 9.17) is 11.6 Å². The van der Waals surface area contributed by atoms with Crippen LogP contribution in [0.2, 0.25) is 5.02 Å². The number of hydrogen-bond donors (Lipinski definition) is 0. The zero-order valence-electron chi connectivity index (χ0n) is 17.4. The van der Waals surface area contributed by atoms with Gasteiger partial charge in [0.05, 0.1) is 26.6 Å². The van der Waals surface area contributed by atoms with Gasteiger partial charge in [-0.1, -0.05) is 35.9 Å². The standard InChI is InChI=1S/C23H13ClF4N2O4S/c24-17-5-2-6-18(25)22(17)21(32)10-13-7-8-16-19(12-31)29-30(20(16)9-13)35(33,34)15-4-1-3-14(11-15)23(26,27)28/h1-9,11-12H,10H2. The maximum absolute atomic E-state index is 14.1. The fourth-order valence-electron chi connectivity index (χ4n) is 3.51. The van der Waals surface area contributed by atoms with Crippen molar-refractivity contribution in [3.63, 3.8) is 0 Å². The van der Waals surface area contributed by atoms with Gasteiger partial charge in [-0.05, 0) is 42.0 Å². The fraction of sp³-hybridized carbons (Fsp3) is 0.0870. The van der Waals surface area contributed by atoms with Crippen LogP contribution >= 0.6 is 11.6 Å². The lowest BCUT2D eigenvalue weighted by molar-refractivity contribution is -0.137. The number of nitrogens with zero attached hydrogens (tertiary/aromatic N) is 2. The molecule has 0 radical (unpaired) electrons. The second-order valence-corrected chi connectivity index (χ2v) is 9.60. The molecule has 4 rings (SSSR count). The van der Waals surface area contributed by atoms with Crippen LogP contribution in [0.25, 0.3) is 10.9 Å². The maximum Gasteiger partial charge on any atom is 0.416 e. The van der Waals surface area contributed by atoms with Gasteiger partial charge in [0.2, 0.25) is 0 Å². The summed E-state index contributed by atoms with van der Waals surface area (Å²) in [5.41, 5.74) is -1.70. The largest absolute Gasteiger partial charge is 0.416 e. The van der Waals surface area contributed by atoms with E-state index in [9.17, 15) is 35.6 Å². The van der Waals surface area contributed by atoms with Crippen molar-refractivity contribution >= 4 is 44.6 Å². The number of benzene rings is 3. The summed E-state index contributed by atoms with van der Waals surface area (Å²) in [5.74, 6) is -1.51. The first kappa shape index (κ1) is 24.6. The van der Waals surface area contributed by atoms with Gasteiger partial charge in [0.15, 0.2) is 12.1 Å². The van der Waals surface area contributed by atoms with Gasteiger partial charge in [0.1, 0.15) is 11.5 Å². The van der Waals surface area contributed by atoms with Gasteiger partial charge in [-0.15, -0.1) is 0 Å². The second-order valence-electron chi connectivity index (χ2n) is 7.42. The summed E-state index contributed by atoms with van der Waals surface area (Å²) < 4.78 is 80.2. The van der Waals surface area contributed by atoms with E-state index < -0.39 is 38.3 Å².